The summed E-state index contributed by atoms with van der Waals surface area (Å²) in [5.74, 6) is 1.44. The monoisotopic (exact) mass is 351 g/mol. The standard InChI is InChI=1S/C23H29NO2/c1-15(2)20-8-6-19(7-9-20)12-21-17(4)10-16(3)11-22(21)26-14-23(25)24-13-18(24)5/h6-11,15,18H,12-14H2,1-5H3. The number of hydrogen-bond acceptors (Lipinski definition) is 2. The molecule has 3 nitrogen and oxygen atoms in total. The lowest BCUT2D eigenvalue weighted by atomic mass is 9.95. The minimum absolute atomic E-state index is 0.0731. The molecule has 1 atom stereocenters. The third-order valence-corrected chi connectivity index (χ3v) is 5.13. The summed E-state index contributed by atoms with van der Waals surface area (Å²) in [6.07, 6.45) is 0.814. The van der Waals surface area contributed by atoms with E-state index in [1.165, 1.54) is 22.3 Å². The highest BCUT2D eigenvalue weighted by molar-refractivity contribution is 5.80. The van der Waals surface area contributed by atoms with Crippen LogP contribution in [0.4, 0.5) is 0 Å². The molecule has 3 heteroatoms. The number of nitrogens with zero attached hydrogens (tertiary/aromatic N) is 1. The zero-order valence-electron chi connectivity index (χ0n) is 16.5. The van der Waals surface area contributed by atoms with E-state index in [1.54, 1.807) is 0 Å². The van der Waals surface area contributed by atoms with Gasteiger partial charge in [0.15, 0.2) is 6.61 Å². The first-order valence-corrected chi connectivity index (χ1v) is 9.46. The van der Waals surface area contributed by atoms with Crippen molar-refractivity contribution in [2.24, 2.45) is 0 Å². The Morgan fingerprint density at radius 2 is 1.85 bits per heavy atom. The van der Waals surface area contributed by atoms with Crippen LogP contribution < -0.4 is 4.74 Å². The van der Waals surface area contributed by atoms with Crippen LogP contribution >= 0.6 is 0 Å². The number of aryl methyl sites for hydroxylation is 2. The van der Waals surface area contributed by atoms with E-state index in [-0.39, 0.29) is 12.5 Å². The van der Waals surface area contributed by atoms with Gasteiger partial charge in [0.25, 0.3) is 5.91 Å². The van der Waals surface area contributed by atoms with Crippen molar-refractivity contribution < 1.29 is 9.53 Å². The molecule has 0 saturated carbocycles. The van der Waals surface area contributed by atoms with E-state index in [4.69, 9.17) is 4.74 Å². The third-order valence-electron chi connectivity index (χ3n) is 5.13. The summed E-state index contributed by atoms with van der Waals surface area (Å²) in [5.41, 5.74) is 6.14. The van der Waals surface area contributed by atoms with Crippen LogP contribution in [0.1, 0.15) is 54.5 Å². The predicted octanol–water partition coefficient (Wildman–Crippen LogP) is 4.63. The zero-order chi connectivity index (χ0) is 18.8. The molecule has 0 bridgehead atoms. The Kier molecular flexibility index (Phi) is 5.36. The highest BCUT2D eigenvalue weighted by Gasteiger charge is 2.34. The van der Waals surface area contributed by atoms with Crippen molar-refractivity contribution in [2.45, 2.75) is 53.0 Å². The molecule has 26 heavy (non-hydrogen) atoms. The van der Waals surface area contributed by atoms with Crippen LogP contribution in [-0.4, -0.2) is 30.0 Å². The quantitative estimate of drug-likeness (QED) is 0.710. The first-order chi connectivity index (χ1) is 12.3. The summed E-state index contributed by atoms with van der Waals surface area (Å²) in [6.45, 7) is 11.6. The normalized spacial score (nSPS) is 16.1. The van der Waals surface area contributed by atoms with Crippen molar-refractivity contribution in [3.8, 4) is 5.75 Å². The molecule has 0 radical (unpaired) electrons. The van der Waals surface area contributed by atoms with Crippen molar-refractivity contribution in [1.29, 1.82) is 0 Å². The number of hydrogen-bond donors (Lipinski definition) is 0. The van der Waals surface area contributed by atoms with Gasteiger partial charge < -0.3 is 9.64 Å². The maximum atomic E-state index is 12.1. The highest BCUT2D eigenvalue weighted by atomic mass is 16.5. The van der Waals surface area contributed by atoms with Crippen LogP contribution in [0.15, 0.2) is 36.4 Å². The molecule has 0 aromatic heterocycles. The van der Waals surface area contributed by atoms with Crippen LogP contribution in [-0.2, 0) is 11.2 Å². The molecule has 138 valence electrons. The van der Waals surface area contributed by atoms with Gasteiger partial charge in [0.05, 0.1) is 0 Å². The lowest BCUT2D eigenvalue weighted by Gasteiger charge is -2.16. The van der Waals surface area contributed by atoms with E-state index >= 15 is 0 Å². The molecule has 1 fully saturated rings. The van der Waals surface area contributed by atoms with Crippen molar-refractivity contribution in [3.63, 3.8) is 0 Å². The largest absolute Gasteiger partial charge is 0.483 e. The van der Waals surface area contributed by atoms with Gasteiger partial charge in [-0.2, -0.15) is 0 Å². The molecule has 1 heterocycles. The summed E-state index contributed by atoms with van der Waals surface area (Å²) in [5, 5.41) is 0. The smallest absolute Gasteiger partial charge is 0.260 e. The molecule has 1 saturated heterocycles. The number of ether oxygens (including phenoxy) is 1. The Morgan fingerprint density at radius 1 is 1.19 bits per heavy atom. The van der Waals surface area contributed by atoms with Gasteiger partial charge in [0.2, 0.25) is 0 Å². The summed E-state index contributed by atoms with van der Waals surface area (Å²) in [7, 11) is 0. The lowest BCUT2D eigenvalue weighted by Crippen LogP contribution is -2.21. The minimum atomic E-state index is 0.0731. The van der Waals surface area contributed by atoms with Gasteiger partial charge in [-0.05, 0) is 55.0 Å². The molecule has 1 amide bonds. The maximum absolute atomic E-state index is 12.1. The summed E-state index contributed by atoms with van der Waals surface area (Å²) in [6, 6.07) is 13.4. The Hall–Kier alpha value is -2.29. The second kappa shape index (κ2) is 7.53. The van der Waals surface area contributed by atoms with Gasteiger partial charge in [0.1, 0.15) is 5.75 Å². The maximum Gasteiger partial charge on any atom is 0.260 e. The molecule has 1 aliphatic rings. The number of benzene rings is 2. The van der Waals surface area contributed by atoms with Gasteiger partial charge in [-0.1, -0.05) is 44.2 Å². The van der Waals surface area contributed by atoms with Crippen molar-refractivity contribution in [1.82, 2.24) is 4.90 Å². The molecule has 1 unspecified atom stereocenters. The molecule has 0 spiro atoms. The number of rotatable bonds is 6. The van der Waals surface area contributed by atoms with E-state index in [0.717, 1.165) is 24.3 Å². The van der Waals surface area contributed by atoms with E-state index in [2.05, 4.69) is 65.0 Å². The topological polar surface area (TPSA) is 29.3 Å². The Bertz CT molecular complexity index is 793. The van der Waals surface area contributed by atoms with Gasteiger partial charge in [-0.3, -0.25) is 4.79 Å². The fraction of sp³-hybridized carbons (Fsp3) is 0.435. The number of carbonyl (C=O) groups excluding carboxylic acids is 1. The van der Waals surface area contributed by atoms with Crippen LogP contribution in [0.2, 0.25) is 0 Å². The Morgan fingerprint density at radius 3 is 2.42 bits per heavy atom. The van der Waals surface area contributed by atoms with Crippen LogP contribution in [0.25, 0.3) is 0 Å². The fourth-order valence-corrected chi connectivity index (χ4v) is 3.35. The van der Waals surface area contributed by atoms with Gasteiger partial charge in [0, 0.05) is 24.6 Å². The second-order valence-corrected chi connectivity index (χ2v) is 7.82. The lowest BCUT2D eigenvalue weighted by molar-refractivity contribution is -0.128. The van der Waals surface area contributed by atoms with Crippen LogP contribution in [0.3, 0.4) is 0 Å². The molecule has 0 aliphatic carbocycles. The first kappa shape index (κ1) is 18.5. The summed E-state index contributed by atoms with van der Waals surface area (Å²) >= 11 is 0. The molecule has 3 rings (SSSR count). The van der Waals surface area contributed by atoms with E-state index in [1.807, 2.05) is 11.0 Å². The first-order valence-electron chi connectivity index (χ1n) is 9.46. The van der Waals surface area contributed by atoms with Gasteiger partial charge >= 0.3 is 0 Å². The summed E-state index contributed by atoms with van der Waals surface area (Å²) in [4.78, 5) is 14.0. The highest BCUT2D eigenvalue weighted by Crippen LogP contribution is 2.28. The van der Waals surface area contributed by atoms with Crippen LogP contribution in [0, 0.1) is 13.8 Å². The number of carbonyl (C=O) groups is 1. The average Bonchev–Trinajstić information content (AvgIpc) is 3.32. The van der Waals surface area contributed by atoms with E-state index < -0.39 is 0 Å². The molecule has 1 aliphatic heterocycles. The van der Waals surface area contributed by atoms with E-state index in [9.17, 15) is 4.79 Å². The average molecular weight is 351 g/mol. The Balaban J connectivity index is 1.77. The summed E-state index contributed by atoms with van der Waals surface area (Å²) < 4.78 is 5.95. The predicted molar refractivity (Wildman–Crippen MR) is 106 cm³/mol. The van der Waals surface area contributed by atoms with Gasteiger partial charge in [-0.15, -0.1) is 0 Å². The second-order valence-electron chi connectivity index (χ2n) is 7.82. The SMILES string of the molecule is Cc1cc(C)c(Cc2ccc(C(C)C)cc2)c(OCC(=O)N2CC2C)c1. The molecule has 2 aromatic rings. The van der Waals surface area contributed by atoms with Crippen molar-refractivity contribution in [3.05, 3.63) is 64.2 Å². The molecular formula is C23H29NO2. The molecular weight excluding hydrogens is 322 g/mol. The fourth-order valence-electron chi connectivity index (χ4n) is 3.35. The van der Waals surface area contributed by atoms with Crippen molar-refractivity contribution >= 4 is 5.91 Å². The Labute approximate surface area is 157 Å². The number of amides is 1. The van der Waals surface area contributed by atoms with Gasteiger partial charge in [-0.25, -0.2) is 0 Å². The van der Waals surface area contributed by atoms with E-state index in [0.29, 0.717) is 12.0 Å². The third kappa shape index (κ3) is 4.27. The zero-order valence-corrected chi connectivity index (χ0v) is 16.5. The minimum Gasteiger partial charge on any atom is -0.483 e. The van der Waals surface area contributed by atoms with Crippen molar-refractivity contribution in [2.75, 3.05) is 13.2 Å². The molecule has 2 aromatic carbocycles. The van der Waals surface area contributed by atoms with Crippen LogP contribution in [0.5, 0.6) is 5.75 Å². The molecule has 0 N–H and O–H groups in total.